The van der Waals surface area contributed by atoms with Crippen LogP contribution in [0.15, 0.2) is 18.2 Å². The molecule has 0 atom stereocenters. The summed E-state index contributed by atoms with van der Waals surface area (Å²) in [6, 6.07) is 3.63. The molecular weight excluding hydrogens is 438 g/mol. The summed E-state index contributed by atoms with van der Waals surface area (Å²) in [5.41, 5.74) is -6.11. The Morgan fingerprint density at radius 1 is 0.727 bits per heavy atom. The number of nitrogens with zero attached hydrogens (tertiary/aromatic N) is 1. The van der Waals surface area contributed by atoms with E-state index in [1.807, 2.05) is 0 Å². The molecule has 0 heterocycles. The normalized spacial score (nSPS) is 11.3. The van der Waals surface area contributed by atoms with Crippen molar-refractivity contribution < 1.29 is 43.0 Å². The molecule has 0 amide bonds. The maximum Gasteiger partial charge on any atom is 0.328 e. The molecule has 1 rings (SSSR count). The number of hydrogen-bond acceptors (Lipinski definition) is 10. The molecule has 0 aliphatic carbocycles. The number of nitro benzene ring substituents is 1. The van der Waals surface area contributed by atoms with Gasteiger partial charge in [0, 0.05) is 0 Å². The van der Waals surface area contributed by atoms with Crippen molar-refractivity contribution in [3.05, 3.63) is 39.4 Å². The van der Waals surface area contributed by atoms with E-state index in [1.54, 1.807) is 0 Å². The number of para-hydroxylation sites is 1. The average Bonchev–Trinajstić information content (AvgIpc) is 2.77. The minimum Gasteiger partial charge on any atom is -0.465 e. The van der Waals surface area contributed by atoms with E-state index in [9.17, 15) is 29.3 Å². The largest absolute Gasteiger partial charge is 0.465 e. The van der Waals surface area contributed by atoms with Crippen LogP contribution < -0.4 is 0 Å². The van der Waals surface area contributed by atoms with Crippen LogP contribution in [0, 0.1) is 10.1 Å². The van der Waals surface area contributed by atoms with Crippen LogP contribution in [0.3, 0.4) is 0 Å². The average molecular weight is 467 g/mol. The molecule has 0 aromatic heterocycles. The number of rotatable bonds is 11. The van der Waals surface area contributed by atoms with Gasteiger partial charge in [0.05, 0.1) is 42.5 Å². The molecule has 0 radical (unpaired) electrons. The molecule has 0 unspecified atom stereocenters. The molecule has 11 heteroatoms. The Kier molecular flexibility index (Phi) is 9.50. The van der Waals surface area contributed by atoms with Gasteiger partial charge in [-0.25, -0.2) is 0 Å². The third kappa shape index (κ3) is 5.12. The summed E-state index contributed by atoms with van der Waals surface area (Å²) in [6.07, 6.45) is 0. The summed E-state index contributed by atoms with van der Waals surface area (Å²) < 4.78 is 20.1. The van der Waals surface area contributed by atoms with Crippen molar-refractivity contribution in [1.29, 1.82) is 0 Å². The fraction of sp³-hybridized carbons (Fsp3) is 0.545. The van der Waals surface area contributed by atoms with Crippen molar-refractivity contribution in [3.63, 3.8) is 0 Å². The van der Waals surface area contributed by atoms with Gasteiger partial charge in [0.15, 0.2) is 10.8 Å². The van der Waals surface area contributed by atoms with Crippen LogP contribution in [-0.4, -0.2) is 55.2 Å². The van der Waals surface area contributed by atoms with Crippen molar-refractivity contribution in [2.24, 2.45) is 0 Å². The Morgan fingerprint density at radius 3 is 1.21 bits per heavy atom. The maximum absolute atomic E-state index is 12.9. The zero-order chi connectivity index (χ0) is 25.4. The van der Waals surface area contributed by atoms with Gasteiger partial charge in [0.1, 0.15) is 0 Å². The summed E-state index contributed by atoms with van der Waals surface area (Å²) >= 11 is 0. The van der Waals surface area contributed by atoms with Gasteiger partial charge in [0.2, 0.25) is 0 Å². The predicted octanol–water partition coefficient (Wildman–Crippen LogP) is 2.36. The number of carbonyl (C=O) groups is 4. The molecule has 182 valence electrons. The molecule has 0 spiro atoms. The van der Waals surface area contributed by atoms with Gasteiger partial charge in [-0.3, -0.25) is 29.3 Å². The smallest absolute Gasteiger partial charge is 0.328 e. The van der Waals surface area contributed by atoms with Crippen LogP contribution in [0.1, 0.15) is 52.7 Å². The maximum atomic E-state index is 12.9. The van der Waals surface area contributed by atoms with Gasteiger partial charge in [-0.05, 0) is 41.5 Å². The van der Waals surface area contributed by atoms with Crippen LogP contribution >= 0.6 is 0 Å². The van der Waals surface area contributed by atoms with Gasteiger partial charge in [-0.2, -0.15) is 0 Å². The molecule has 0 aliphatic rings. The summed E-state index contributed by atoms with van der Waals surface area (Å²) in [5, 5.41) is 12.3. The van der Waals surface area contributed by atoms with E-state index in [2.05, 4.69) is 0 Å². The summed E-state index contributed by atoms with van der Waals surface area (Å²) in [6.45, 7) is 7.85. The first-order valence-electron chi connectivity index (χ1n) is 10.4. The fourth-order valence-electron chi connectivity index (χ4n) is 3.26. The predicted molar refractivity (Wildman–Crippen MR) is 114 cm³/mol. The van der Waals surface area contributed by atoms with Crippen LogP contribution in [0.25, 0.3) is 0 Å². The molecule has 0 bridgehead atoms. The highest BCUT2D eigenvalue weighted by atomic mass is 16.6. The van der Waals surface area contributed by atoms with E-state index < -0.39 is 56.4 Å². The minimum atomic E-state index is -2.26. The number of benzene rings is 1. The first-order chi connectivity index (χ1) is 15.5. The van der Waals surface area contributed by atoms with Crippen LogP contribution in [0.5, 0.6) is 0 Å². The lowest BCUT2D eigenvalue weighted by molar-refractivity contribution is -0.387. The topological polar surface area (TPSA) is 148 Å². The van der Waals surface area contributed by atoms with E-state index in [-0.39, 0.29) is 26.4 Å². The van der Waals surface area contributed by atoms with Crippen LogP contribution in [0.4, 0.5) is 5.69 Å². The Hall–Kier alpha value is -3.50. The second-order valence-electron chi connectivity index (χ2n) is 7.09. The Bertz CT molecular complexity index is 824. The minimum absolute atomic E-state index is 0.106. The van der Waals surface area contributed by atoms with Gasteiger partial charge < -0.3 is 18.9 Å². The number of hydrogen-bond donors (Lipinski definition) is 0. The Labute approximate surface area is 191 Å². The Morgan fingerprint density at radius 2 is 1.00 bits per heavy atom. The van der Waals surface area contributed by atoms with Crippen LogP contribution in [0.2, 0.25) is 0 Å². The molecule has 0 saturated carbocycles. The number of nitro groups is 1. The molecule has 11 nitrogen and oxygen atoms in total. The first kappa shape index (κ1) is 27.5. The molecular formula is C22H29NO10. The Balaban J connectivity index is 4.06. The molecule has 1 aromatic rings. The van der Waals surface area contributed by atoms with E-state index in [0.29, 0.717) is 0 Å². The standard InChI is InChI=1S/C22H29NO10/c1-7-30-17(24)21(5,18(25)31-8-2)14-12-11-13-15(16(14)23(28)29)22(6,19(26)32-9-3)20(27)33-10-4/h11-13H,7-10H2,1-6H3. The number of carbonyl (C=O) groups excluding carboxylic acids is 4. The van der Waals surface area contributed by atoms with E-state index in [0.717, 1.165) is 13.8 Å². The van der Waals surface area contributed by atoms with Gasteiger partial charge in [-0.15, -0.1) is 0 Å². The zero-order valence-electron chi connectivity index (χ0n) is 19.6. The van der Waals surface area contributed by atoms with Crippen molar-refractivity contribution in [3.8, 4) is 0 Å². The molecule has 1 aromatic carbocycles. The highest BCUT2D eigenvalue weighted by molar-refractivity contribution is 6.09. The number of esters is 4. The molecule has 33 heavy (non-hydrogen) atoms. The van der Waals surface area contributed by atoms with Crippen molar-refractivity contribution >= 4 is 29.6 Å². The first-order valence-corrected chi connectivity index (χ1v) is 10.4. The molecule has 0 aliphatic heterocycles. The lowest BCUT2D eigenvalue weighted by Gasteiger charge is -2.29. The van der Waals surface area contributed by atoms with Gasteiger partial charge in [-0.1, -0.05) is 18.2 Å². The summed E-state index contributed by atoms with van der Waals surface area (Å²) in [4.78, 5) is 62.8. The van der Waals surface area contributed by atoms with E-state index >= 15 is 0 Å². The lowest BCUT2D eigenvalue weighted by Crippen LogP contribution is -2.46. The molecule has 0 N–H and O–H groups in total. The van der Waals surface area contributed by atoms with E-state index in [4.69, 9.17) is 18.9 Å². The van der Waals surface area contributed by atoms with Crippen molar-refractivity contribution in [2.75, 3.05) is 26.4 Å². The van der Waals surface area contributed by atoms with E-state index in [1.165, 1.54) is 45.9 Å². The van der Waals surface area contributed by atoms with Crippen molar-refractivity contribution in [2.45, 2.75) is 52.4 Å². The monoisotopic (exact) mass is 467 g/mol. The fourth-order valence-corrected chi connectivity index (χ4v) is 3.26. The summed E-state index contributed by atoms with van der Waals surface area (Å²) in [7, 11) is 0. The third-order valence-electron chi connectivity index (χ3n) is 5.03. The quantitative estimate of drug-likeness (QED) is 0.156. The lowest BCUT2D eigenvalue weighted by atomic mass is 9.75. The summed E-state index contributed by atoms with van der Waals surface area (Å²) in [5.74, 6) is -4.34. The van der Waals surface area contributed by atoms with Crippen molar-refractivity contribution in [1.82, 2.24) is 0 Å². The second-order valence-corrected chi connectivity index (χ2v) is 7.09. The molecule has 0 saturated heterocycles. The third-order valence-corrected chi connectivity index (χ3v) is 5.03. The second kappa shape index (κ2) is 11.4. The van der Waals surface area contributed by atoms with Gasteiger partial charge in [0.25, 0.3) is 5.69 Å². The number of ether oxygens (including phenoxy) is 4. The highest BCUT2D eigenvalue weighted by Crippen LogP contribution is 2.42. The molecule has 0 fully saturated rings. The highest BCUT2D eigenvalue weighted by Gasteiger charge is 2.55. The van der Waals surface area contributed by atoms with Crippen LogP contribution in [-0.2, 0) is 49.0 Å². The SMILES string of the molecule is CCOC(=O)C(C)(C(=O)OCC)c1cccc(C(C)(C(=O)OCC)C(=O)OCC)c1[N+](=O)[O-]. The zero-order valence-corrected chi connectivity index (χ0v) is 19.6. The van der Waals surface area contributed by atoms with Gasteiger partial charge >= 0.3 is 23.9 Å².